The molecule has 0 aromatic carbocycles. The van der Waals surface area contributed by atoms with Crippen LogP contribution in [0.25, 0.3) is 0 Å². The van der Waals surface area contributed by atoms with Crippen molar-refractivity contribution >= 4 is 11.7 Å². The molecule has 0 aliphatic heterocycles. The summed E-state index contributed by atoms with van der Waals surface area (Å²) in [5.74, 6) is 0.698. The maximum atomic E-state index is 12.3. The minimum Gasteiger partial charge on any atom is -0.366 e. The van der Waals surface area contributed by atoms with Gasteiger partial charge in [0.15, 0.2) is 0 Å². The van der Waals surface area contributed by atoms with Gasteiger partial charge in [-0.15, -0.1) is 0 Å². The molecule has 3 rings (SSSR count). The van der Waals surface area contributed by atoms with E-state index in [4.69, 9.17) is 0 Å². The van der Waals surface area contributed by atoms with Crippen LogP contribution in [-0.4, -0.2) is 28.0 Å². The van der Waals surface area contributed by atoms with Gasteiger partial charge in [0.1, 0.15) is 11.5 Å². The molecule has 1 amide bonds. The molecule has 5 heteroatoms. The third kappa shape index (κ3) is 5.18. The van der Waals surface area contributed by atoms with E-state index in [0.29, 0.717) is 17.8 Å². The Morgan fingerprint density at radius 1 is 0.792 bits per heavy atom. The molecule has 0 unspecified atom stereocenters. The Labute approximate surface area is 145 Å². The summed E-state index contributed by atoms with van der Waals surface area (Å²) in [6.07, 6.45) is 18.1. The first kappa shape index (κ1) is 17.2. The highest BCUT2D eigenvalue weighted by atomic mass is 16.1. The number of nitrogens with zero attached hydrogens (tertiary/aromatic N) is 2. The number of amides is 1. The van der Waals surface area contributed by atoms with E-state index in [1.165, 1.54) is 64.2 Å². The normalized spacial score (nSPS) is 20.8. The van der Waals surface area contributed by atoms with E-state index in [-0.39, 0.29) is 5.91 Å². The number of nitrogens with one attached hydrogen (secondary N) is 2. The molecular formula is C19H30N4O. The average molecular weight is 330 g/mol. The molecule has 0 spiro atoms. The summed E-state index contributed by atoms with van der Waals surface area (Å²) in [6.45, 7) is 0. The summed E-state index contributed by atoms with van der Waals surface area (Å²) in [6, 6.07) is 0.790. The number of anilines is 1. The first-order valence-corrected chi connectivity index (χ1v) is 9.71. The van der Waals surface area contributed by atoms with Crippen LogP contribution in [0.5, 0.6) is 0 Å². The van der Waals surface area contributed by atoms with Gasteiger partial charge in [0.25, 0.3) is 5.91 Å². The molecule has 0 atom stereocenters. The zero-order chi connectivity index (χ0) is 16.6. The van der Waals surface area contributed by atoms with Gasteiger partial charge in [0, 0.05) is 12.1 Å². The van der Waals surface area contributed by atoms with Gasteiger partial charge >= 0.3 is 0 Å². The second-order valence-corrected chi connectivity index (χ2v) is 7.28. The summed E-state index contributed by atoms with van der Waals surface area (Å²) in [5.41, 5.74) is 0.422. The van der Waals surface area contributed by atoms with Crippen LogP contribution in [0.4, 0.5) is 5.82 Å². The van der Waals surface area contributed by atoms with Crippen LogP contribution < -0.4 is 10.6 Å². The summed E-state index contributed by atoms with van der Waals surface area (Å²) in [5, 5.41) is 6.59. The van der Waals surface area contributed by atoms with Crippen molar-refractivity contribution < 1.29 is 4.79 Å². The third-order valence-electron chi connectivity index (χ3n) is 5.28. The van der Waals surface area contributed by atoms with Gasteiger partial charge in [0.2, 0.25) is 0 Å². The van der Waals surface area contributed by atoms with E-state index in [2.05, 4.69) is 20.6 Å². The van der Waals surface area contributed by atoms with E-state index in [1.807, 2.05) is 0 Å². The number of rotatable bonds is 4. The Morgan fingerprint density at radius 3 is 1.92 bits per heavy atom. The van der Waals surface area contributed by atoms with Crippen molar-refractivity contribution in [2.75, 3.05) is 5.32 Å². The molecule has 1 aromatic heterocycles. The van der Waals surface area contributed by atoms with Crippen LogP contribution in [-0.2, 0) is 0 Å². The Hall–Kier alpha value is -1.65. The van der Waals surface area contributed by atoms with Gasteiger partial charge in [0.05, 0.1) is 12.4 Å². The fourth-order valence-corrected chi connectivity index (χ4v) is 3.84. The smallest absolute Gasteiger partial charge is 0.271 e. The fourth-order valence-electron chi connectivity index (χ4n) is 3.84. The number of hydrogen-bond acceptors (Lipinski definition) is 4. The van der Waals surface area contributed by atoms with Crippen LogP contribution in [0.3, 0.4) is 0 Å². The summed E-state index contributed by atoms with van der Waals surface area (Å²) in [4.78, 5) is 21.1. The van der Waals surface area contributed by atoms with E-state index in [0.717, 1.165) is 18.7 Å². The minimum atomic E-state index is -0.0876. The van der Waals surface area contributed by atoms with Crippen molar-refractivity contribution in [3.8, 4) is 0 Å². The van der Waals surface area contributed by atoms with E-state index >= 15 is 0 Å². The van der Waals surface area contributed by atoms with Gasteiger partial charge in [-0.2, -0.15) is 0 Å². The lowest BCUT2D eigenvalue weighted by Crippen LogP contribution is -2.35. The van der Waals surface area contributed by atoms with Crippen molar-refractivity contribution in [2.24, 2.45) is 0 Å². The molecule has 2 aliphatic carbocycles. The lowest BCUT2D eigenvalue weighted by Gasteiger charge is -2.17. The summed E-state index contributed by atoms with van der Waals surface area (Å²) >= 11 is 0. The fraction of sp³-hybridized carbons (Fsp3) is 0.737. The molecule has 0 radical (unpaired) electrons. The second-order valence-electron chi connectivity index (χ2n) is 7.28. The van der Waals surface area contributed by atoms with Crippen LogP contribution in [0.2, 0.25) is 0 Å². The Kier molecular flexibility index (Phi) is 6.44. The van der Waals surface area contributed by atoms with E-state index in [1.54, 1.807) is 12.4 Å². The van der Waals surface area contributed by atoms with Crippen molar-refractivity contribution in [3.63, 3.8) is 0 Å². The van der Waals surface area contributed by atoms with E-state index in [9.17, 15) is 4.79 Å². The molecule has 24 heavy (non-hydrogen) atoms. The standard InChI is InChI=1S/C19H30N4O/c24-19(23-16-11-7-3-4-8-12-16)17-13-21-18(14-20-17)22-15-9-5-1-2-6-10-15/h13-16H,1-12H2,(H,21,22)(H,23,24). The van der Waals surface area contributed by atoms with Gasteiger partial charge in [-0.05, 0) is 25.7 Å². The zero-order valence-corrected chi connectivity index (χ0v) is 14.6. The topological polar surface area (TPSA) is 66.9 Å². The second kappa shape index (κ2) is 9.00. The van der Waals surface area contributed by atoms with Crippen molar-refractivity contribution in [3.05, 3.63) is 18.1 Å². The van der Waals surface area contributed by atoms with Gasteiger partial charge in [-0.1, -0.05) is 51.4 Å². The minimum absolute atomic E-state index is 0.0876. The molecule has 0 saturated heterocycles. The van der Waals surface area contributed by atoms with Gasteiger partial charge in [-0.25, -0.2) is 9.97 Å². The van der Waals surface area contributed by atoms with Crippen LogP contribution in [0, 0.1) is 0 Å². The Balaban J connectivity index is 1.52. The van der Waals surface area contributed by atoms with E-state index < -0.39 is 0 Å². The number of carbonyl (C=O) groups is 1. The number of carbonyl (C=O) groups excluding carboxylic acids is 1. The van der Waals surface area contributed by atoms with Crippen molar-refractivity contribution in [1.29, 1.82) is 0 Å². The molecule has 1 heterocycles. The highest BCUT2D eigenvalue weighted by molar-refractivity contribution is 5.92. The monoisotopic (exact) mass is 330 g/mol. The predicted octanol–water partition coefficient (Wildman–Crippen LogP) is 4.06. The number of aromatic nitrogens is 2. The molecule has 2 aliphatic rings. The molecule has 2 saturated carbocycles. The molecule has 2 fully saturated rings. The predicted molar refractivity (Wildman–Crippen MR) is 96.1 cm³/mol. The first-order valence-electron chi connectivity index (χ1n) is 9.71. The van der Waals surface area contributed by atoms with Crippen molar-refractivity contribution in [2.45, 2.75) is 89.1 Å². The molecule has 132 valence electrons. The summed E-state index contributed by atoms with van der Waals surface area (Å²) < 4.78 is 0. The largest absolute Gasteiger partial charge is 0.366 e. The maximum Gasteiger partial charge on any atom is 0.271 e. The summed E-state index contributed by atoms with van der Waals surface area (Å²) in [7, 11) is 0. The van der Waals surface area contributed by atoms with Gasteiger partial charge < -0.3 is 10.6 Å². The average Bonchev–Trinajstić information content (AvgIpc) is 3.00. The quantitative estimate of drug-likeness (QED) is 0.817. The molecule has 5 nitrogen and oxygen atoms in total. The molecule has 0 bridgehead atoms. The molecule has 2 N–H and O–H groups in total. The van der Waals surface area contributed by atoms with Gasteiger partial charge in [-0.3, -0.25) is 4.79 Å². The Bertz CT molecular complexity index is 501. The third-order valence-corrected chi connectivity index (χ3v) is 5.28. The van der Waals surface area contributed by atoms with Crippen LogP contribution >= 0.6 is 0 Å². The Morgan fingerprint density at radius 2 is 1.38 bits per heavy atom. The highest BCUT2D eigenvalue weighted by Crippen LogP contribution is 2.20. The lowest BCUT2D eigenvalue weighted by atomic mass is 10.1. The maximum absolute atomic E-state index is 12.3. The van der Waals surface area contributed by atoms with Crippen LogP contribution in [0.15, 0.2) is 12.4 Å². The first-order chi connectivity index (χ1) is 11.8. The number of hydrogen-bond donors (Lipinski definition) is 2. The lowest BCUT2D eigenvalue weighted by molar-refractivity contribution is 0.0928. The highest BCUT2D eigenvalue weighted by Gasteiger charge is 2.17. The zero-order valence-electron chi connectivity index (χ0n) is 14.6. The SMILES string of the molecule is O=C(NC1CCCCCC1)c1cnc(NC2CCCCCC2)cn1. The van der Waals surface area contributed by atoms with Crippen molar-refractivity contribution in [1.82, 2.24) is 15.3 Å². The molecular weight excluding hydrogens is 300 g/mol. The molecule has 1 aromatic rings. The van der Waals surface area contributed by atoms with Crippen LogP contribution in [0.1, 0.15) is 87.5 Å².